The topological polar surface area (TPSA) is 76.9 Å². The first-order chi connectivity index (χ1) is 13.5. The van der Waals surface area contributed by atoms with Gasteiger partial charge in [-0.25, -0.2) is 9.97 Å². The molecule has 0 saturated heterocycles. The van der Waals surface area contributed by atoms with E-state index in [9.17, 15) is 9.59 Å². The molecule has 2 heterocycles. The van der Waals surface area contributed by atoms with Crippen LogP contribution in [0.15, 0.2) is 41.3 Å². The van der Waals surface area contributed by atoms with Gasteiger partial charge >= 0.3 is 0 Å². The summed E-state index contributed by atoms with van der Waals surface area (Å²) in [6.45, 7) is 3.73. The first kappa shape index (κ1) is 18.3. The van der Waals surface area contributed by atoms with E-state index >= 15 is 0 Å². The summed E-state index contributed by atoms with van der Waals surface area (Å²) < 4.78 is 1.58. The number of anilines is 1. The fourth-order valence-electron chi connectivity index (χ4n) is 4.03. The normalized spacial score (nSPS) is 14.5. The molecule has 3 aromatic rings. The largest absolute Gasteiger partial charge is 0.326 e. The van der Waals surface area contributed by atoms with Crippen molar-refractivity contribution in [2.24, 2.45) is 5.92 Å². The van der Waals surface area contributed by atoms with E-state index in [0.29, 0.717) is 29.2 Å². The molecule has 0 bridgehead atoms. The van der Waals surface area contributed by atoms with Crippen molar-refractivity contribution >= 4 is 22.6 Å². The summed E-state index contributed by atoms with van der Waals surface area (Å²) in [6.07, 6.45) is 6.98. The molecule has 0 aliphatic heterocycles. The Morgan fingerprint density at radius 2 is 2.00 bits per heavy atom. The van der Waals surface area contributed by atoms with Gasteiger partial charge in [-0.1, -0.05) is 12.8 Å². The van der Waals surface area contributed by atoms with Crippen LogP contribution in [-0.4, -0.2) is 20.4 Å². The SMILES string of the molecule is Cc1cc(-n2c(C)nc3ncccc3c2=O)ccc1NC(=O)CC1CCCC1. The van der Waals surface area contributed by atoms with Crippen molar-refractivity contribution in [2.45, 2.75) is 46.0 Å². The van der Waals surface area contributed by atoms with Crippen molar-refractivity contribution in [3.63, 3.8) is 0 Å². The first-order valence-electron chi connectivity index (χ1n) is 9.78. The molecule has 4 rings (SSSR count). The van der Waals surface area contributed by atoms with Gasteiger partial charge in [0.05, 0.1) is 11.1 Å². The highest BCUT2D eigenvalue weighted by Gasteiger charge is 2.19. The maximum absolute atomic E-state index is 12.9. The number of carbonyl (C=O) groups is 1. The molecule has 2 aromatic heterocycles. The number of nitrogens with zero attached hydrogens (tertiary/aromatic N) is 3. The van der Waals surface area contributed by atoms with Gasteiger partial charge in [-0.3, -0.25) is 14.2 Å². The van der Waals surface area contributed by atoms with E-state index in [-0.39, 0.29) is 11.5 Å². The van der Waals surface area contributed by atoms with E-state index in [2.05, 4.69) is 15.3 Å². The van der Waals surface area contributed by atoms with E-state index in [1.54, 1.807) is 29.8 Å². The minimum absolute atomic E-state index is 0.0644. The highest BCUT2D eigenvalue weighted by atomic mass is 16.1. The van der Waals surface area contributed by atoms with Crippen molar-refractivity contribution in [1.82, 2.24) is 14.5 Å². The number of nitrogens with one attached hydrogen (secondary N) is 1. The third-order valence-corrected chi connectivity index (χ3v) is 5.50. The minimum Gasteiger partial charge on any atom is -0.326 e. The van der Waals surface area contributed by atoms with Gasteiger partial charge in [0.25, 0.3) is 5.56 Å². The Balaban J connectivity index is 1.62. The summed E-state index contributed by atoms with van der Waals surface area (Å²) in [5.74, 6) is 1.15. The molecule has 1 amide bonds. The van der Waals surface area contributed by atoms with Gasteiger partial charge in [-0.15, -0.1) is 0 Å². The van der Waals surface area contributed by atoms with Crippen molar-refractivity contribution < 1.29 is 4.79 Å². The molecule has 6 heteroatoms. The second-order valence-corrected chi connectivity index (χ2v) is 7.58. The van der Waals surface area contributed by atoms with E-state index < -0.39 is 0 Å². The number of amides is 1. The quantitative estimate of drug-likeness (QED) is 0.749. The summed E-state index contributed by atoms with van der Waals surface area (Å²) in [7, 11) is 0. The molecule has 1 N–H and O–H groups in total. The minimum atomic E-state index is -0.145. The molecule has 144 valence electrons. The molecule has 1 aliphatic rings. The zero-order valence-electron chi connectivity index (χ0n) is 16.2. The van der Waals surface area contributed by atoms with E-state index in [0.717, 1.165) is 29.8 Å². The lowest BCUT2D eigenvalue weighted by atomic mass is 10.0. The van der Waals surface area contributed by atoms with Crippen LogP contribution >= 0.6 is 0 Å². The average Bonchev–Trinajstić information content (AvgIpc) is 3.17. The van der Waals surface area contributed by atoms with Crippen molar-refractivity contribution in [3.8, 4) is 5.69 Å². The Bertz CT molecular complexity index is 1100. The van der Waals surface area contributed by atoms with Gasteiger partial charge in [0.15, 0.2) is 5.65 Å². The zero-order valence-corrected chi connectivity index (χ0v) is 16.2. The lowest BCUT2D eigenvalue weighted by Gasteiger charge is -2.15. The number of pyridine rings is 1. The van der Waals surface area contributed by atoms with Crippen LogP contribution in [0.3, 0.4) is 0 Å². The summed E-state index contributed by atoms with van der Waals surface area (Å²) in [6, 6.07) is 9.08. The number of aryl methyl sites for hydroxylation is 2. The Hall–Kier alpha value is -3.02. The number of aromatic nitrogens is 3. The van der Waals surface area contributed by atoms with E-state index in [1.807, 2.05) is 25.1 Å². The lowest BCUT2D eigenvalue weighted by Crippen LogP contribution is -2.23. The number of carbonyl (C=O) groups excluding carboxylic acids is 1. The highest BCUT2D eigenvalue weighted by molar-refractivity contribution is 5.91. The molecule has 0 spiro atoms. The number of hydrogen-bond donors (Lipinski definition) is 1. The summed E-state index contributed by atoms with van der Waals surface area (Å²) in [5.41, 5.74) is 2.73. The third-order valence-electron chi connectivity index (χ3n) is 5.50. The van der Waals surface area contributed by atoms with Gasteiger partial charge in [-0.05, 0) is 68.5 Å². The predicted molar refractivity (Wildman–Crippen MR) is 110 cm³/mol. The lowest BCUT2D eigenvalue weighted by molar-refractivity contribution is -0.117. The average molecular weight is 376 g/mol. The molecule has 1 saturated carbocycles. The maximum Gasteiger partial charge on any atom is 0.267 e. The number of rotatable bonds is 4. The van der Waals surface area contributed by atoms with Crippen LogP contribution in [0, 0.1) is 19.8 Å². The zero-order chi connectivity index (χ0) is 19.7. The highest BCUT2D eigenvalue weighted by Crippen LogP contribution is 2.28. The molecule has 1 fully saturated rings. The standard InChI is InChI=1S/C22H24N4O2/c1-14-12-17(9-10-19(14)25-20(27)13-16-6-3-4-7-16)26-15(2)24-21-18(22(26)28)8-5-11-23-21/h5,8-12,16H,3-4,6-7,13H2,1-2H3,(H,25,27). The fourth-order valence-corrected chi connectivity index (χ4v) is 4.03. The van der Waals surface area contributed by atoms with Crippen LogP contribution in [0.5, 0.6) is 0 Å². The Morgan fingerprint density at radius 3 is 2.75 bits per heavy atom. The van der Waals surface area contributed by atoms with Crippen LogP contribution in [0.4, 0.5) is 5.69 Å². The molecular weight excluding hydrogens is 352 g/mol. The Kier molecular flexibility index (Phi) is 4.94. The molecule has 1 aliphatic carbocycles. The second kappa shape index (κ2) is 7.54. The van der Waals surface area contributed by atoms with E-state index in [1.165, 1.54) is 12.8 Å². The van der Waals surface area contributed by atoms with Gasteiger partial charge in [-0.2, -0.15) is 0 Å². The number of hydrogen-bond acceptors (Lipinski definition) is 4. The molecule has 0 radical (unpaired) electrons. The van der Waals surface area contributed by atoms with E-state index in [4.69, 9.17) is 0 Å². The first-order valence-corrected chi connectivity index (χ1v) is 9.78. The number of fused-ring (bicyclic) bond motifs is 1. The Morgan fingerprint density at radius 1 is 1.21 bits per heavy atom. The maximum atomic E-state index is 12.9. The monoisotopic (exact) mass is 376 g/mol. The molecule has 1 aromatic carbocycles. The van der Waals surface area contributed by atoms with Crippen LogP contribution in [-0.2, 0) is 4.79 Å². The summed E-state index contributed by atoms with van der Waals surface area (Å²) in [4.78, 5) is 33.9. The van der Waals surface area contributed by atoms with Crippen LogP contribution in [0.1, 0.15) is 43.5 Å². The van der Waals surface area contributed by atoms with Gasteiger partial charge in [0.2, 0.25) is 5.91 Å². The molecule has 6 nitrogen and oxygen atoms in total. The van der Waals surface area contributed by atoms with Crippen molar-refractivity contribution in [1.29, 1.82) is 0 Å². The Labute approximate surface area is 163 Å². The molecule has 28 heavy (non-hydrogen) atoms. The fraction of sp³-hybridized carbons (Fsp3) is 0.364. The van der Waals surface area contributed by atoms with Gasteiger partial charge in [0, 0.05) is 18.3 Å². The number of benzene rings is 1. The van der Waals surface area contributed by atoms with Crippen molar-refractivity contribution in [3.05, 3.63) is 58.3 Å². The van der Waals surface area contributed by atoms with Crippen LogP contribution in [0.2, 0.25) is 0 Å². The molecule has 0 unspecified atom stereocenters. The van der Waals surface area contributed by atoms with Crippen LogP contribution in [0.25, 0.3) is 16.7 Å². The van der Waals surface area contributed by atoms with Crippen molar-refractivity contribution in [2.75, 3.05) is 5.32 Å². The third kappa shape index (κ3) is 3.54. The van der Waals surface area contributed by atoms with Crippen LogP contribution < -0.4 is 10.9 Å². The van der Waals surface area contributed by atoms with Gasteiger partial charge in [0.1, 0.15) is 5.82 Å². The second-order valence-electron chi connectivity index (χ2n) is 7.58. The summed E-state index contributed by atoms with van der Waals surface area (Å²) in [5, 5.41) is 3.51. The molecular formula is C22H24N4O2. The van der Waals surface area contributed by atoms with Gasteiger partial charge < -0.3 is 5.32 Å². The smallest absolute Gasteiger partial charge is 0.267 e. The molecule has 0 atom stereocenters. The summed E-state index contributed by atoms with van der Waals surface area (Å²) >= 11 is 0. The predicted octanol–water partition coefficient (Wildman–Crippen LogP) is 3.92.